The number of rotatable bonds is 4. The lowest BCUT2D eigenvalue weighted by atomic mass is 9.96. The molecule has 2 heterocycles. The van der Waals surface area contributed by atoms with Gasteiger partial charge in [0.2, 0.25) is 5.28 Å². The highest BCUT2D eigenvalue weighted by Gasteiger charge is 2.27. The van der Waals surface area contributed by atoms with Crippen molar-refractivity contribution in [2.75, 3.05) is 0 Å². The lowest BCUT2D eigenvalue weighted by Crippen LogP contribution is -2.17. The average molecular weight is 316 g/mol. The van der Waals surface area contributed by atoms with E-state index in [1.807, 2.05) is 17.8 Å². The molecule has 3 rings (SSSR count). The Hall–Kier alpha value is -1.93. The third kappa shape index (κ3) is 2.97. The molecule has 0 amide bonds. The molecule has 0 saturated heterocycles. The van der Waals surface area contributed by atoms with Crippen LogP contribution in [0.5, 0.6) is 0 Å². The summed E-state index contributed by atoms with van der Waals surface area (Å²) >= 11 is 5.90. The van der Waals surface area contributed by atoms with E-state index < -0.39 is 0 Å². The molecular formula is C16H18ClN5. The maximum absolute atomic E-state index is 9.13. The van der Waals surface area contributed by atoms with Crippen LogP contribution in [0.4, 0.5) is 0 Å². The van der Waals surface area contributed by atoms with Gasteiger partial charge in [-0.2, -0.15) is 10.4 Å². The Morgan fingerprint density at radius 3 is 2.91 bits per heavy atom. The summed E-state index contributed by atoms with van der Waals surface area (Å²) in [7, 11) is 0. The first-order valence-electron chi connectivity index (χ1n) is 7.59. The van der Waals surface area contributed by atoms with Crippen LogP contribution in [0.15, 0.2) is 18.6 Å². The highest BCUT2D eigenvalue weighted by molar-refractivity contribution is 6.28. The van der Waals surface area contributed by atoms with Crippen molar-refractivity contribution in [2.45, 2.75) is 45.1 Å². The monoisotopic (exact) mass is 315 g/mol. The number of aromatic nitrogens is 4. The van der Waals surface area contributed by atoms with Crippen LogP contribution in [-0.2, 0) is 0 Å². The molecule has 0 aliphatic heterocycles. The van der Waals surface area contributed by atoms with Crippen molar-refractivity contribution in [3.63, 3.8) is 0 Å². The van der Waals surface area contributed by atoms with E-state index in [1.54, 1.807) is 12.4 Å². The van der Waals surface area contributed by atoms with E-state index in [4.69, 9.17) is 16.9 Å². The van der Waals surface area contributed by atoms with Crippen molar-refractivity contribution in [3.05, 3.63) is 29.4 Å². The average Bonchev–Trinajstić information content (AvgIpc) is 3.18. The SMILES string of the molecule is Cc1cnc(Cl)nc1-c1cnn(C(CC#N)C2CCCC2)c1. The molecule has 0 spiro atoms. The van der Waals surface area contributed by atoms with Gasteiger partial charge in [-0.25, -0.2) is 9.97 Å². The summed E-state index contributed by atoms with van der Waals surface area (Å²) in [6.45, 7) is 1.95. The molecular weight excluding hydrogens is 298 g/mol. The van der Waals surface area contributed by atoms with Crippen molar-refractivity contribution in [1.29, 1.82) is 5.26 Å². The van der Waals surface area contributed by atoms with Gasteiger partial charge in [-0.1, -0.05) is 12.8 Å². The quantitative estimate of drug-likeness (QED) is 0.801. The van der Waals surface area contributed by atoms with Gasteiger partial charge in [-0.05, 0) is 42.8 Å². The number of hydrogen-bond acceptors (Lipinski definition) is 4. The van der Waals surface area contributed by atoms with E-state index in [-0.39, 0.29) is 11.3 Å². The van der Waals surface area contributed by atoms with Gasteiger partial charge in [0.05, 0.1) is 30.4 Å². The molecule has 6 heteroatoms. The Bertz CT molecular complexity index is 697. The van der Waals surface area contributed by atoms with Gasteiger partial charge < -0.3 is 0 Å². The summed E-state index contributed by atoms with van der Waals surface area (Å²) in [6.07, 6.45) is 10.8. The van der Waals surface area contributed by atoms with Crippen molar-refractivity contribution < 1.29 is 0 Å². The third-order valence-corrected chi connectivity index (χ3v) is 4.58. The van der Waals surface area contributed by atoms with E-state index >= 15 is 0 Å². The Balaban J connectivity index is 1.91. The summed E-state index contributed by atoms with van der Waals surface area (Å²) in [5.74, 6) is 0.544. The lowest BCUT2D eigenvalue weighted by Gasteiger charge is -2.21. The molecule has 1 fully saturated rings. The predicted molar refractivity (Wildman–Crippen MR) is 84.2 cm³/mol. The molecule has 1 unspecified atom stereocenters. The number of hydrogen-bond donors (Lipinski definition) is 0. The number of nitrogens with zero attached hydrogens (tertiary/aromatic N) is 5. The first-order chi connectivity index (χ1) is 10.7. The van der Waals surface area contributed by atoms with Gasteiger partial charge in [0.25, 0.3) is 0 Å². The molecule has 1 aliphatic carbocycles. The summed E-state index contributed by atoms with van der Waals surface area (Å²) in [6, 6.07) is 2.46. The first kappa shape index (κ1) is 15.0. The Morgan fingerprint density at radius 1 is 1.41 bits per heavy atom. The predicted octanol–water partition coefficient (Wildman–Crippen LogP) is 3.95. The van der Waals surface area contributed by atoms with E-state index in [2.05, 4.69) is 21.1 Å². The van der Waals surface area contributed by atoms with Gasteiger partial charge in [-0.15, -0.1) is 0 Å². The fourth-order valence-corrected chi connectivity index (χ4v) is 3.40. The summed E-state index contributed by atoms with van der Waals surface area (Å²) in [5.41, 5.74) is 2.68. The maximum atomic E-state index is 9.13. The van der Waals surface area contributed by atoms with Crippen LogP contribution < -0.4 is 0 Å². The highest BCUT2D eigenvalue weighted by atomic mass is 35.5. The number of aryl methyl sites for hydroxylation is 1. The van der Waals surface area contributed by atoms with Gasteiger partial charge in [0.1, 0.15) is 0 Å². The van der Waals surface area contributed by atoms with Gasteiger partial charge in [0.15, 0.2) is 0 Å². The molecule has 5 nitrogen and oxygen atoms in total. The molecule has 0 aromatic carbocycles. The van der Waals surface area contributed by atoms with Crippen molar-refractivity contribution in [3.8, 4) is 17.3 Å². The second kappa shape index (κ2) is 6.45. The van der Waals surface area contributed by atoms with Gasteiger partial charge in [0, 0.05) is 18.0 Å². The molecule has 114 valence electrons. The molecule has 0 bridgehead atoms. The highest BCUT2D eigenvalue weighted by Crippen LogP contribution is 2.36. The van der Waals surface area contributed by atoms with Crippen LogP contribution in [0.25, 0.3) is 11.3 Å². The minimum Gasteiger partial charge on any atom is -0.268 e. The maximum Gasteiger partial charge on any atom is 0.222 e. The molecule has 1 aliphatic rings. The van der Waals surface area contributed by atoms with Crippen molar-refractivity contribution >= 4 is 11.6 Å². The minimum absolute atomic E-state index is 0.152. The molecule has 0 radical (unpaired) electrons. The van der Waals surface area contributed by atoms with Crippen LogP contribution >= 0.6 is 11.6 Å². The molecule has 22 heavy (non-hydrogen) atoms. The minimum atomic E-state index is 0.152. The van der Waals surface area contributed by atoms with E-state index in [1.165, 1.54) is 25.7 Å². The first-order valence-corrected chi connectivity index (χ1v) is 7.97. The fourth-order valence-electron chi connectivity index (χ4n) is 3.27. The van der Waals surface area contributed by atoms with Crippen LogP contribution in [-0.4, -0.2) is 19.7 Å². The second-order valence-corrected chi connectivity index (χ2v) is 6.19. The lowest BCUT2D eigenvalue weighted by molar-refractivity contribution is 0.315. The van der Waals surface area contributed by atoms with Crippen LogP contribution in [0, 0.1) is 24.2 Å². The normalized spacial score (nSPS) is 16.6. The standard InChI is InChI=1S/C16H18ClN5/c1-11-8-19-16(17)21-15(11)13-9-20-22(10-13)14(6-7-18)12-4-2-3-5-12/h8-10,12,14H,2-6H2,1H3. The number of halogens is 1. The van der Waals surface area contributed by atoms with E-state index in [9.17, 15) is 0 Å². The smallest absolute Gasteiger partial charge is 0.222 e. The van der Waals surface area contributed by atoms with Gasteiger partial charge >= 0.3 is 0 Å². The van der Waals surface area contributed by atoms with Crippen LogP contribution in [0.2, 0.25) is 5.28 Å². The molecule has 2 aromatic rings. The van der Waals surface area contributed by atoms with E-state index in [0.29, 0.717) is 12.3 Å². The zero-order valence-electron chi connectivity index (χ0n) is 12.5. The summed E-state index contributed by atoms with van der Waals surface area (Å²) in [5, 5.41) is 13.9. The molecule has 1 atom stereocenters. The topological polar surface area (TPSA) is 67.4 Å². The second-order valence-electron chi connectivity index (χ2n) is 5.85. The van der Waals surface area contributed by atoms with Crippen LogP contribution in [0.3, 0.4) is 0 Å². The van der Waals surface area contributed by atoms with Crippen molar-refractivity contribution in [1.82, 2.24) is 19.7 Å². The zero-order valence-corrected chi connectivity index (χ0v) is 13.3. The molecule has 1 saturated carbocycles. The van der Waals surface area contributed by atoms with Crippen molar-refractivity contribution in [2.24, 2.45) is 5.92 Å². The van der Waals surface area contributed by atoms with Gasteiger partial charge in [-0.3, -0.25) is 4.68 Å². The largest absolute Gasteiger partial charge is 0.268 e. The fraction of sp³-hybridized carbons (Fsp3) is 0.500. The third-order valence-electron chi connectivity index (χ3n) is 4.40. The Labute approximate surface area is 135 Å². The van der Waals surface area contributed by atoms with E-state index in [0.717, 1.165) is 16.8 Å². The number of nitriles is 1. The zero-order chi connectivity index (χ0) is 15.5. The molecule has 0 N–H and O–H groups in total. The molecule has 2 aromatic heterocycles. The summed E-state index contributed by atoms with van der Waals surface area (Å²) in [4.78, 5) is 8.28. The summed E-state index contributed by atoms with van der Waals surface area (Å²) < 4.78 is 1.93. The Kier molecular flexibility index (Phi) is 4.39. The van der Waals surface area contributed by atoms with Crippen LogP contribution in [0.1, 0.15) is 43.7 Å². The Morgan fingerprint density at radius 2 is 2.18 bits per heavy atom.